The monoisotopic (exact) mass is 334 g/mol. The summed E-state index contributed by atoms with van der Waals surface area (Å²) in [4.78, 5) is 14.3. The Labute approximate surface area is 139 Å². The van der Waals surface area contributed by atoms with Crippen LogP contribution in [0.3, 0.4) is 0 Å². The molecule has 1 aliphatic heterocycles. The Morgan fingerprint density at radius 2 is 2.09 bits per heavy atom. The predicted molar refractivity (Wildman–Crippen MR) is 89.0 cm³/mol. The highest BCUT2D eigenvalue weighted by Gasteiger charge is 2.23. The highest BCUT2D eigenvalue weighted by molar-refractivity contribution is 6.34. The van der Waals surface area contributed by atoms with Crippen molar-refractivity contribution >= 4 is 23.3 Å². The van der Waals surface area contributed by atoms with E-state index in [9.17, 15) is 4.79 Å². The number of H-pyrrole nitrogens is 1. The second-order valence-electron chi connectivity index (χ2n) is 5.51. The highest BCUT2D eigenvalue weighted by Crippen LogP contribution is 2.37. The van der Waals surface area contributed by atoms with E-state index in [0.29, 0.717) is 16.3 Å². The lowest BCUT2D eigenvalue weighted by Crippen LogP contribution is -2.18. The van der Waals surface area contributed by atoms with E-state index in [4.69, 9.17) is 16.3 Å². The Bertz CT molecular complexity index is 723. The number of aromatic nitrogens is 3. The summed E-state index contributed by atoms with van der Waals surface area (Å²) in [5.74, 6) is -0.506. The number of aromatic amines is 1. The van der Waals surface area contributed by atoms with Gasteiger partial charge in [-0.15, -0.1) is 5.10 Å². The summed E-state index contributed by atoms with van der Waals surface area (Å²) in [7, 11) is 0. The molecule has 0 aliphatic carbocycles. The van der Waals surface area contributed by atoms with Crippen LogP contribution in [-0.4, -0.2) is 41.1 Å². The van der Waals surface area contributed by atoms with Crippen molar-refractivity contribution in [1.82, 2.24) is 15.4 Å². The molecule has 1 saturated heterocycles. The lowest BCUT2D eigenvalue weighted by atomic mass is 10.0. The Morgan fingerprint density at radius 3 is 2.78 bits per heavy atom. The maximum Gasteiger partial charge on any atom is 0.361 e. The van der Waals surface area contributed by atoms with Crippen LogP contribution in [0, 0.1) is 6.92 Å². The van der Waals surface area contributed by atoms with Crippen molar-refractivity contribution < 1.29 is 9.53 Å². The van der Waals surface area contributed by atoms with Crippen LogP contribution < -0.4 is 4.90 Å². The van der Waals surface area contributed by atoms with Crippen molar-refractivity contribution in [3.8, 4) is 11.3 Å². The van der Waals surface area contributed by atoms with Crippen molar-refractivity contribution in [3.63, 3.8) is 0 Å². The van der Waals surface area contributed by atoms with Crippen LogP contribution >= 0.6 is 11.6 Å². The summed E-state index contributed by atoms with van der Waals surface area (Å²) in [6.07, 6.45) is 2.41. The molecule has 7 heteroatoms. The van der Waals surface area contributed by atoms with E-state index in [0.717, 1.165) is 24.3 Å². The molecule has 2 aromatic rings. The van der Waals surface area contributed by atoms with Gasteiger partial charge in [0.1, 0.15) is 5.69 Å². The molecule has 0 unspecified atom stereocenters. The van der Waals surface area contributed by atoms with Gasteiger partial charge in [-0.25, -0.2) is 4.79 Å². The summed E-state index contributed by atoms with van der Waals surface area (Å²) in [6, 6.07) is 3.93. The van der Waals surface area contributed by atoms with Crippen LogP contribution in [0.25, 0.3) is 11.3 Å². The first-order chi connectivity index (χ1) is 11.1. The fraction of sp³-hybridized carbons (Fsp3) is 0.438. The molecule has 122 valence electrons. The summed E-state index contributed by atoms with van der Waals surface area (Å²) >= 11 is 6.56. The van der Waals surface area contributed by atoms with Gasteiger partial charge in [-0.1, -0.05) is 11.6 Å². The van der Waals surface area contributed by atoms with Gasteiger partial charge in [-0.05, 0) is 44.4 Å². The van der Waals surface area contributed by atoms with E-state index in [1.165, 1.54) is 12.8 Å². The topological polar surface area (TPSA) is 71.1 Å². The molecule has 1 aliphatic rings. The van der Waals surface area contributed by atoms with Gasteiger partial charge in [0.25, 0.3) is 0 Å². The first-order valence-corrected chi connectivity index (χ1v) is 8.13. The summed E-state index contributed by atoms with van der Waals surface area (Å²) in [6.45, 7) is 6.12. The van der Waals surface area contributed by atoms with Gasteiger partial charge < -0.3 is 9.64 Å². The number of halogens is 1. The van der Waals surface area contributed by atoms with E-state index in [1.54, 1.807) is 6.92 Å². The molecular weight excluding hydrogens is 316 g/mol. The molecule has 1 fully saturated rings. The summed E-state index contributed by atoms with van der Waals surface area (Å²) in [5.41, 5.74) is 3.39. The maximum atomic E-state index is 12.0. The number of nitrogens with one attached hydrogen (secondary N) is 1. The van der Waals surface area contributed by atoms with Crippen LogP contribution in [-0.2, 0) is 4.74 Å². The largest absolute Gasteiger partial charge is 0.461 e. The van der Waals surface area contributed by atoms with E-state index < -0.39 is 5.97 Å². The van der Waals surface area contributed by atoms with Crippen molar-refractivity contribution in [1.29, 1.82) is 0 Å². The third-order valence-electron chi connectivity index (χ3n) is 4.08. The zero-order chi connectivity index (χ0) is 16.4. The van der Waals surface area contributed by atoms with Crippen LogP contribution in [0.1, 0.15) is 35.8 Å². The van der Waals surface area contributed by atoms with Gasteiger partial charge in [0, 0.05) is 24.3 Å². The molecule has 6 nitrogen and oxygen atoms in total. The fourth-order valence-electron chi connectivity index (χ4n) is 2.92. The minimum absolute atomic E-state index is 0.155. The molecule has 1 aromatic heterocycles. The molecule has 0 bridgehead atoms. The number of benzene rings is 1. The average molecular weight is 335 g/mol. The number of ether oxygens (including phenoxy) is 1. The van der Waals surface area contributed by atoms with E-state index >= 15 is 0 Å². The molecular formula is C16H19ClN4O2. The maximum absolute atomic E-state index is 12.0. The minimum atomic E-state index is -0.506. The molecule has 0 saturated carbocycles. The Morgan fingerprint density at radius 1 is 1.35 bits per heavy atom. The van der Waals surface area contributed by atoms with E-state index in [-0.39, 0.29) is 12.3 Å². The molecule has 0 atom stereocenters. The van der Waals surface area contributed by atoms with Gasteiger partial charge in [-0.3, -0.25) is 0 Å². The zero-order valence-corrected chi connectivity index (χ0v) is 14.0. The Hall–Kier alpha value is -2.08. The van der Waals surface area contributed by atoms with E-state index in [2.05, 4.69) is 20.3 Å². The van der Waals surface area contributed by atoms with E-state index in [1.807, 2.05) is 19.1 Å². The Balaban J connectivity index is 2.00. The first-order valence-electron chi connectivity index (χ1n) is 7.75. The second-order valence-corrected chi connectivity index (χ2v) is 5.88. The van der Waals surface area contributed by atoms with Crippen LogP contribution in [0.2, 0.25) is 5.02 Å². The third-order valence-corrected chi connectivity index (χ3v) is 4.56. The van der Waals surface area contributed by atoms with Crippen LogP contribution in [0.5, 0.6) is 0 Å². The molecule has 23 heavy (non-hydrogen) atoms. The number of hydrogen-bond donors (Lipinski definition) is 1. The number of nitrogens with zero attached hydrogens (tertiary/aromatic N) is 3. The molecule has 1 N–H and O–H groups in total. The molecule has 0 spiro atoms. The summed E-state index contributed by atoms with van der Waals surface area (Å²) in [5, 5.41) is 11.1. The quantitative estimate of drug-likeness (QED) is 0.869. The van der Waals surface area contributed by atoms with Gasteiger partial charge in [0.05, 0.1) is 11.6 Å². The molecule has 3 rings (SSSR count). The molecule has 0 amide bonds. The number of carbonyl (C=O) groups excluding carboxylic acids is 1. The van der Waals surface area contributed by atoms with Crippen molar-refractivity contribution in [3.05, 3.63) is 28.4 Å². The lowest BCUT2D eigenvalue weighted by molar-refractivity contribution is 0.0520. The standard InChI is InChI=1S/C16H19ClN4O2/c1-3-23-16(22)15-14(18-20-19-15)11-6-7-12(10(2)13(11)17)21-8-4-5-9-21/h6-7H,3-5,8-9H2,1-2H3,(H,18,19,20). The van der Waals surface area contributed by atoms with Crippen molar-refractivity contribution in [2.75, 3.05) is 24.6 Å². The number of rotatable bonds is 4. The Kier molecular flexibility index (Phi) is 4.52. The molecule has 2 heterocycles. The summed E-state index contributed by atoms with van der Waals surface area (Å²) < 4.78 is 5.01. The number of carbonyl (C=O) groups is 1. The van der Waals surface area contributed by atoms with Gasteiger partial charge >= 0.3 is 5.97 Å². The fourth-order valence-corrected chi connectivity index (χ4v) is 3.17. The number of hydrogen-bond acceptors (Lipinski definition) is 5. The van der Waals surface area contributed by atoms with Gasteiger partial charge in [0.2, 0.25) is 0 Å². The first kappa shape index (κ1) is 15.8. The minimum Gasteiger partial charge on any atom is -0.461 e. The smallest absolute Gasteiger partial charge is 0.361 e. The molecule has 0 radical (unpaired) electrons. The van der Waals surface area contributed by atoms with Crippen molar-refractivity contribution in [2.45, 2.75) is 26.7 Å². The highest BCUT2D eigenvalue weighted by atomic mass is 35.5. The normalized spacial score (nSPS) is 14.3. The average Bonchev–Trinajstić information content (AvgIpc) is 3.21. The number of esters is 1. The van der Waals surface area contributed by atoms with Crippen LogP contribution in [0.4, 0.5) is 5.69 Å². The zero-order valence-electron chi connectivity index (χ0n) is 13.2. The van der Waals surface area contributed by atoms with Gasteiger partial charge in [0.15, 0.2) is 5.69 Å². The second kappa shape index (κ2) is 6.58. The third kappa shape index (κ3) is 2.91. The SMILES string of the molecule is CCOC(=O)c1n[nH]nc1-c1ccc(N2CCCC2)c(C)c1Cl. The predicted octanol–water partition coefficient (Wildman–Crippen LogP) is 3.21. The van der Waals surface area contributed by atoms with Crippen molar-refractivity contribution in [2.24, 2.45) is 0 Å². The van der Waals surface area contributed by atoms with Gasteiger partial charge in [-0.2, -0.15) is 10.3 Å². The molecule has 1 aromatic carbocycles. The lowest BCUT2D eigenvalue weighted by Gasteiger charge is -2.21. The number of anilines is 1. The van der Waals surface area contributed by atoms with Crippen LogP contribution in [0.15, 0.2) is 12.1 Å².